The quantitative estimate of drug-likeness (QED) is 0.652. The maximum atomic E-state index is 11.2. The number of anilines is 2. The molecule has 8 heteroatoms. The van der Waals surface area contributed by atoms with Crippen LogP contribution < -0.4 is 10.2 Å². The van der Waals surface area contributed by atoms with Crippen LogP contribution >= 0.6 is 11.3 Å². The van der Waals surface area contributed by atoms with Crippen LogP contribution in [0.15, 0.2) is 17.6 Å². The highest BCUT2D eigenvalue weighted by Gasteiger charge is 2.20. The molecular formula is C13H17N5O2S. The van der Waals surface area contributed by atoms with Crippen molar-refractivity contribution in [1.29, 1.82) is 0 Å². The van der Waals surface area contributed by atoms with E-state index in [1.807, 2.05) is 13.8 Å². The molecule has 2 aromatic heterocycles. The van der Waals surface area contributed by atoms with E-state index in [0.29, 0.717) is 24.7 Å². The van der Waals surface area contributed by atoms with E-state index < -0.39 is 4.92 Å². The number of rotatable bonds is 6. The van der Waals surface area contributed by atoms with Gasteiger partial charge in [-0.05, 0) is 19.9 Å². The molecule has 2 heterocycles. The Hall–Kier alpha value is -2.22. The molecule has 0 aromatic carbocycles. The Morgan fingerprint density at radius 1 is 1.48 bits per heavy atom. The third kappa shape index (κ3) is 3.46. The van der Waals surface area contributed by atoms with Crippen LogP contribution in [-0.4, -0.2) is 28.5 Å². The maximum Gasteiger partial charge on any atom is 0.311 e. The van der Waals surface area contributed by atoms with Gasteiger partial charge in [-0.2, -0.15) is 0 Å². The first-order valence-corrected chi connectivity index (χ1v) is 7.40. The Balaban J connectivity index is 2.32. The minimum Gasteiger partial charge on any atom is -0.370 e. The topological polar surface area (TPSA) is 84.2 Å². The average molecular weight is 307 g/mol. The van der Waals surface area contributed by atoms with E-state index in [1.54, 1.807) is 23.5 Å². The van der Waals surface area contributed by atoms with E-state index in [4.69, 9.17) is 0 Å². The van der Waals surface area contributed by atoms with E-state index >= 15 is 0 Å². The summed E-state index contributed by atoms with van der Waals surface area (Å²) >= 11 is 1.54. The van der Waals surface area contributed by atoms with Crippen LogP contribution in [0.25, 0.3) is 0 Å². The highest BCUT2D eigenvalue weighted by molar-refractivity contribution is 7.09. The van der Waals surface area contributed by atoms with Gasteiger partial charge in [0.25, 0.3) is 0 Å². The summed E-state index contributed by atoms with van der Waals surface area (Å²) in [6.07, 6.45) is 0. The van der Waals surface area contributed by atoms with Gasteiger partial charge < -0.3 is 10.2 Å². The van der Waals surface area contributed by atoms with Crippen LogP contribution in [0.1, 0.15) is 17.5 Å². The molecule has 1 N–H and O–H groups in total. The zero-order valence-corrected chi connectivity index (χ0v) is 13.0. The zero-order valence-electron chi connectivity index (χ0n) is 12.2. The number of nitrogens with one attached hydrogen (secondary N) is 1. The smallest absolute Gasteiger partial charge is 0.311 e. The first kappa shape index (κ1) is 15.2. The molecule has 0 aliphatic carbocycles. The highest BCUT2D eigenvalue weighted by Crippen LogP contribution is 2.28. The van der Waals surface area contributed by atoms with Crippen molar-refractivity contribution in [1.82, 2.24) is 9.97 Å². The van der Waals surface area contributed by atoms with Gasteiger partial charge in [0, 0.05) is 24.5 Å². The molecule has 0 amide bonds. The number of hydrogen-bond acceptors (Lipinski definition) is 7. The minimum atomic E-state index is -0.409. The molecule has 0 bridgehead atoms. The van der Waals surface area contributed by atoms with Crippen molar-refractivity contribution in [3.8, 4) is 0 Å². The Kier molecular flexibility index (Phi) is 4.69. The monoisotopic (exact) mass is 307 g/mol. The van der Waals surface area contributed by atoms with Gasteiger partial charge in [-0.3, -0.25) is 10.1 Å². The largest absolute Gasteiger partial charge is 0.370 e. The molecule has 0 aliphatic rings. The number of aromatic nitrogens is 2. The average Bonchev–Trinajstić information content (AvgIpc) is 2.84. The lowest BCUT2D eigenvalue weighted by atomic mass is 10.3. The molecule has 2 aromatic rings. The fourth-order valence-corrected chi connectivity index (χ4v) is 2.74. The van der Waals surface area contributed by atoms with Crippen LogP contribution in [0.4, 0.5) is 17.3 Å². The van der Waals surface area contributed by atoms with Gasteiger partial charge in [0.15, 0.2) is 0 Å². The van der Waals surface area contributed by atoms with Gasteiger partial charge in [-0.25, -0.2) is 9.97 Å². The summed E-state index contributed by atoms with van der Waals surface area (Å²) in [6.45, 7) is 5.13. The van der Waals surface area contributed by atoms with Crippen molar-refractivity contribution >= 4 is 28.7 Å². The van der Waals surface area contributed by atoms with Crippen LogP contribution in [0.2, 0.25) is 0 Å². The number of thiazole rings is 1. The summed E-state index contributed by atoms with van der Waals surface area (Å²) in [5.41, 5.74) is 2.72. The van der Waals surface area contributed by atoms with Crippen molar-refractivity contribution in [2.24, 2.45) is 0 Å². The van der Waals surface area contributed by atoms with Crippen molar-refractivity contribution in [3.63, 3.8) is 0 Å². The van der Waals surface area contributed by atoms with Crippen molar-refractivity contribution < 1.29 is 4.92 Å². The summed E-state index contributed by atoms with van der Waals surface area (Å²) in [6, 6.07) is 3.10. The minimum absolute atomic E-state index is 0.00122. The fraction of sp³-hybridized carbons (Fsp3) is 0.385. The summed E-state index contributed by atoms with van der Waals surface area (Å²) < 4.78 is 0. The molecule has 7 nitrogen and oxygen atoms in total. The molecule has 0 saturated heterocycles. The van der Waals surface area contributed by atoms with Gasteiger partial charge in [-0.1, -0.05) is 0 Å². The highest BCUT2D eigenvalue weighted by atomic mass is 32.1. The molecular weight excluding hydrogens is 290 g/mol. The van der Waals surface area contributed by atoms with Crippen LogP contribution in [-0.2, 0) is 6.54 Å². The lowest BCUT2D eigenvalue weighted by molar-refractivity contribution is -0.384. The predicted octanol–water partition coefficient (Wildman–Crippen LogP) is 2.82. The molecule has 21 heavy (non-hydrogen) atoms. The Bertz CT molecular complexity index is 643. The van der Waals surface area contributed by atoms with E-state index in [9.17, 15) is 10.1 Å². The maximum absolute atomic E-state index is 11.2. The molecule has 0 spiro atoms. The Morgan fingerprint density at radius 3 is 2.81 bits per heavy atom. The summed E-state index contributed by atoms with van der Waals surface area (Å²) in [5, 5.41) is 14.2. The van der Waals surface area contributed by atoms with E-state index in [-0.39, 0.29) is 5.69 Å². The molecule has 0 saturated carbocycles. The normalized spacial score (nSPS) is 10.4. The molecule has 0 radical (unpaired) electrons. The van der Waals surface area contributed by atoms with Crippen molar-refractivity contribution in [2.45, 2.75) is 20.4 Å². The second-order valence-electron chi connectivity index (χ2n) is 4.54. The Labute approximate surface area is 126 Å². The molecule has 112 valence electrons. The molecule has 0 unspecified atom stereocenters. The zero-order chi connectivity index (χ0) is 15.4. The lowest BCUT2D eigenvalue weighted by Gasteiger charge is -2.18. The van der Waals surface area contributed by atoms with Gasteiger partial charge in [0.1, 0.15) is 5.82 Å². The standard InChI is InChI=1S/C13H17N5O2S/c1-4-14-12-6-5-10(18(19)20)13(16-12)17(3)7-11-9(2)15-8-21-11/h5-6,8H,4,7H2,1-3H3,(H,14,16). The molecule has 2 rings (SSSR count). The second-order valence-corrected chi connectivity index (χ2v) is 5.48. The molecule has 0 atom stereocenters. The SMILES string of the molecule is CCNc1ccc([N+](=O)[O-])c(N(C)Cc2scnc2C)n1. The van der Waals surface area contributed by atoms with Gasteiger partial charge in [0.05, 0.1) is 22.7 Å². The number of aryl methyl sites for hydroxylation is 1. The molecule has 0 fully saturated rings. The Morgan fingerprint density at radius 2 is 2.24 bits per heavy atom. The summed E-state index contributed by atoms with van der Waals surface area (Å²) in [5.74, 6) is 0.984. The number of pyridine rings is 1. The lowest BCUT2D eigenvalue weighted by Crippen LogP contribution is -2.19. The van der Waals surface area contributed by atoms with E-state index in [1.165, 1.54) is 17.4 Å². The fourth-order valence-electron chi connectivity index (χ4n) is 1.91. The summed E-state index contributed by atoms with van der Waals surface area (Å²) in [7, 11) is 1.80. The third-order valence-corrected chi connectivity index (χ3v) is 3.92. The number of nitro groups is 1. The van der Waals surface area contributed by atoms with Crippen LogP contribution in [0, 0.1) is 17.0 Å². The second kappa shape index (κ2) is 6.49. The first-order valence-electron chi connectivity index (χ1n) is 6.52. The van der Waals surface area contributed by atoms with Crippen molar-refractivity contribution in [3.05, 3.63) is 38.3 Å². The van der Waals surface area contributed by atoms with Gasteiger partial charge >= 0.3 is 5.69 Å². The third-order valence-electron chi connectivity index (χ3n) is 3.00. The first-order chi connectivity index (χ1) is 10.0. The number of hydrogen-bond donors (Lipinski definition) is 1. The van der Waals surface area contributed by atoms with Gasteiger partial charge in [0.2, 0.25) is 5.82 Å². The van der Waals surface area contributed by atoms with Crippen molar-refractivity contribution in [2.75, 3.05) is 23.8 Å². The van der Waals surface area contributed by atoms with Gasteiger partial charge in [-0.15, -0.1) is 11.3 Å². The van der Waals surface area contributed by atoms with Crippen LogP contribution in [0.3, 0.4) is 0 Å². The van der Waals surface area contributed by atoms with Crippen LogP contribution in [0.5, 0.6) is 0 Å². The van der Waals surface area contributed by atoms with E-state index in [2.05, 4.69) is 15.3 Å². The predicted molar refractivity (Wildman–Crippen MR) is 84.0 cm³/mol. The summed E-state index contributed by atoms with van der Waals surface area (Å²) in [4.78, 5) is 22.2. The molecule has 0 aliphatic heterocycles. The van der Waals surface area contributed by atoms with E-state index in [0.717, 1.165) is 10.6 Å². The number of nitrogens with zero attached hydrogens (tertiary/aromatic N) is 4.